The SMILES string of the molecule is O=C(Nc1ccc(S(=O)(=O)N2CCOCC2)cc1)[C@@H]1Cc2cc(Cl)ccc2O1. The van der Waals surface area contributed by atoms with Crippen molar-refractivity contribution in [2.24, 2.45) is 0 Å². The van der Waals surface area contributed by atoms with Crippen molar-refractivity contribution >= 4 is 33.2 Å². The van der Waals surface area contributed by atoms with Crippen molar-refractivity contribution in [3.8, 4) is 5.75 Å². The molecule has 1 N–H and O–H groups in total. The number of rotatable bonds is 4. The molecule has 2 heterocycles. The summed E-state index contributed by atoms with van der Waals surface area (Å²) >= 11 is 5.97. The summed E-state index contributed by atoms with van der Waals surface area (Å²) in [5, 5.41) is 3.36. The van der Waals surface area contributed by atoms with Crippen LogP contribution in [-0.2, 0) is 26.0 Å². The summed E-state index contributed by atoms with van der Waals surface area (Å²) in [5.41, 5.74) is 1.39. The quantitative estimate of drug-likeness (QED) is 0.817. The third-order valence-corrected chi connectivity index (χ3v) is 6.87. The van der Waals surface area contributed by atoms with Crippen LogP contribution in [0.3, 0.4) is 0 Å². The molecule has 28 heavy (non-hydrogen) atoms. The summed E-state index contributed by atoms with van der Waals surface area (Å²) in [6.07, 6.45) is -0.212. The van der Waals surface area contributed by atoms with E-state index in [9.17, 15) is 13.2 Å². The Balaban J connectivity index is 1.41. The maximum Gasteiger partial charge on any atom is 0.265 e. The fourth-order valence-electron chi connectivity index (χ4n) is 3.23. The first-order valence-corrected chi connectivity index (χ1v) is 10.7. The lowest BCUT2D eigenvalue weighted by Crippen LogP contribution is -2.40. The fourth-order valence-corrected chi connectivity index (χ4v) is 4.84. The molecule has 0 radical (unpaired) electrons. The second kappa shape index (κ2) is 7.71. The average molecular weight is 423 g/mol. The van der Waals surface area contributed by atoms with Crippen LogP contribution in [0.15, 0.2) is 47.4 Å². The van der Waals surface area contributed by atoms with E-state index < -0.39 is 16.1 Å². The van der Waals surface area contributed by atoms with E-state index >= 15 is 0 Å². The molecule has 4 rings (SSSR count). The summed E-state index contributed by atoms with van der Waals surface area (Å²) in [6.45, 7) is 1.46. The molecule has 0 bridgehead atoms. The molecule has 7 nitrogen and oxygen atoms in total. The topological polar surface area (TPSA) is 84.9 Å². The van der Waals surface area contributed by atoms with E-state index in [0.29, 0.717) is 49.2 Å². The Bertz CT molecular complexity index is 988. The first kappa shape index (κ1) is 19.2. The highest BCUT2D eigenvalue weighted by Gasteiger charge is 2.30. The number of nitrogens with zero attached hydrogens (tertiary/aromatic N) is 1. The molecule has 2 aliphatic rings. The zero-order valence-corrected chi connectivity index (χ0v) is 16.5. The van der Waals surface area contributed by atoms with Crippen LogP contribution in [0.1, 0.15) is 5.56 Å². The molecule has 0 aliphatic carbocycles. The van der Waals surface area contributed by atoms with Crippen LogP contribution in [-0.4, -0.2) is 51.0 Å². The maximum absolute atomic E-state index is 12.6. The van der Waals surface area contributed by atoms with Gasteiger partial charge in [0.1, 0.15) is 5.75 Å². The molecule has 148 valence electrons. The summed E-state index contributed by atoms with van der Waals surface area (Å²) < 4.78 is 37.5. The average Bonchev–Trinajstić information content (AvgIpc) is 3.12. The summed E-state index contributed by atoms with van der Waals surface area (Å²) in [6, 6.07) is 11.4. The molecular formula is C19H19ClN2O5S. The van der Waals surface area contributed by atoms with E-state index in [1.54, 1.807) is 30.3 Å². The Morgan fingerprint density at radius 1 is 1.11 bits per heavy atom. The summed E-state index contributed by atoms with van der Waals surface area (Å²) in [5.74, 6) is 0.354. The Kier molecular flexibility index (Phi) is 5.29. The zero-order chi connectivity index (χ0) is 19.7. The fraction of sp³-hybridized carbons (Fsp3) is 0.316. The monoisotopic (exact) mass is 422 g/mol. The molecule has 2 aliphatic heterocycles. The molecule has 0 unspecified atom stereocenters. The third-order valence-electron chi connectivity index (χ3n) is 4.72. The minimum atomic E-state index is -3.56. The molecule has 2 aromatic carbocycles. The molecule has 0 saturated carbocycles. The largest absolute Gasteiger partial charge is 0.480 e. The van der Waals surface area contributed by atoms with Crippen LogP contribution in [0.25, 0.3) is 0 Å². The van der Waals surface area contributed by atoms with Gasteiger partial charge < -0.3 is 14.8 Å². The Hall–Kier alpha value is -2.13. The zero-order valence-electron chi connectivity index (χ0n) is 14.9. The molecule has 1 fully saturated rings. The van der Waals surface area contributed by atoms with Crippen molar-refractivity contribution in [1.82, 2.24) is 4.31 Å². The van der Waals surface area contributed by atoms with Crippen LogP contribution in [0, 0.1) is 0 Å². The van der Waals surface area contributed by atoms with Gasteiger partial charge in [-0.25, -0.2) is 8.42 Å². The van der Waals surface area contributed by atoms with Crippen LogP contribution in [0.4, 0.5) is 5.69 Å². The van der Waals surface area contributed by atoms with Crippen molar-refractivity contribution in [2.45, 2.75) is 17.4 Å². The molecule has 0 spiro atoms. The van der Waals surface area contributed by atoms with Gasteiger partial charge in [0.25, 0.3) is 5.91 Å². The van der Waals surface area contributed by atoms with E-state index in [4.69, 9.17) is 21.1 Å². The van der Waals surface area contributed by atoms with Gasteiger partial charge in [-0.3, -0.25) is 4.79 Å². The lowest BCUT2D eigenvalue weighted by molar-refractivity contribution is -0.122. The molecule has 1 amide bonds. The van der Waals surface area contributed by atoms with Crippen molar-refractivity contribution in [3.05, 3.63) is 53.1 Å². The van der Waals surface area contributed by atoms with Gasteiger partial charge >= 0.3 is 0 Å². The molecular weight excluding hydrogens is 404 g/mol. The van der Waals surface area contributed by atoms with Crippen LogP contribution in [0.2, 0.25) is 5.02 Å². The van der Waals surface area contributed by atoms with E-state index in [1.807, 2.05) is 0 Å². The molecule has 9 heteroatoms. The number of fused-ring (bicyclic) bond motifs is 1. The van der Waals surface area contributed by atoms with Crippen LogP contribution < -0.4 is 10.1 Å². The number of amides is 1. The minimum absolute atomic E-state index is 0.187. The first-order valence-electron chi connectivity index (χ1n) is 8.87. The van der Waals surface area contributed by atoms with Crippen molar-refractivity contribution in [3.63, 3.8) is 0 Å². The van der Waals surface area contributed by atoms with E-state index in [-0.39, 0.29) is 10.8 Å². The van der Waals surface area contributed by atoms with Gasteiger partial charge in [0.15, 0.2) is 6.10 Å². The number of carbonyl (C=O) groups is 1. The molecule has 1 saturated heterocycles. The molecule has 2 aromatic rings. The number of anilines is 1. The number of benzene rings is 2. The highest BCUT2D eigenvalue weighted by Crippen LogP contribution is 2.31. The maximum atomic E-state index is 12.6. The Morgan fingerprint density at radius 2 is 1.82 bits per heavy atom. The summed E-state index contributed by atoms with van der Waals surface area (Å²) in [7, 11) is -3.56. The number of hydrogen-bond acceptors (Lipinski definition) is 5. The van der Waals surface area contributed by atoms with Crippen molar-refractivity contribution < 1.29 is 22.7 Å². The van der Waals surface area contributed by atoms with Gasteiger partial charge in [-0.1, -0.05) is 11.6 Å². The van der Waals surface area contributed by atoms with Gasteiger partial charge in [-0.05, 0) is 48.0 Å². The number of hydrogen-bond donors (Lipinski definition) is 1. The normalized spacial score (nSPS) is 19.7. The molecule has 0 aromatic heterocycles. The second-order valence-corrected chi connectivity index (χ2v) is 8.97. The number of carbonyl (C=O) groups excluding carboxylic acids is 1. The van der Waals surface area contributed by atoms with E-state index in [2.05, 4.69) is 5.32 Å². The predicted molar refractivity (Wildman–Crippen MR) is 104 cm³/mol. The standard InChI is InChI=1S/C19H19ClN2O5S/c20-14-1-6-17-13(11-14)12-18(27-17)19(23)21-15-2-4-16(5-3-15)28(24,25)22-7-9-26-10-8-22/h1-6,11,18H,7-10,12H2,(H,21,23)/t18-/m0/s1. The highest BCUT2D eigenvalue weighted by molar-refractivity contribution is 7.89. The lowest BCUT2D eigenvalue weighted by atomic mass is 10.1. The smallest absolute Gasteiger partial charge is 0.265 e. The number of nitrogens with one attached hydrogen (secondary N) is 1. The Labute approximate surface area is 168 Å². The van der Waals surface area contributed by atoms with Crippen LogP contribution in [0.5, 0.6) is 5.75 Å². The second-order valence-electron chi connectivity index (χ2n) is 6.59. The number of sulfonamides is 1. The van der Waals surface area contributed by atoms with Gasteiger partial charge in [0.2, 0.25) is 10.0 Å². The number of ether oxygens (including phenoxy) is 2. The van der Waals surface area contributed by atoms with Gasteiger partial charge in [-0.2, -0.15) is 4.31 Å². The van der Waals surface area contributed by atoms with Gasteiger partial charge in [0.05, 0.1) is 18.1 Å². The van der Waals surface area contributed by atoms with Gasteiger partial charge in [0, 0.05) is 30.2 Å². The highest BCUT2D eigenvalue weighted by atomic mass is 35.5. The van der Waals surface area contributed by atoms with E-state index in [1.165, 1.54) is 16.4 Å². The third kappa shape index (κ3) is 3.86. The number of morpholine rings is 1. The van der Waals surface area contributed by atoms with E-state index in [0.717, 1.165) is 5.56 Å². The predicted octanol–water partition coefficient (Wildman–Crippen LogP) is 2.30. The minimum Gasteiger partial charge on any atom is -0.480 e. The molecule has 1 atom stereocenters. The Morgan fingerprint density at radius 3 is 2.54 bits per heavy atom. The number of halogens is 1. The van der Waals surface area contributed by atoms with Gasteiger partial charge in [-0.15, -0.1) is 0 Å². The van der Waals surface area contributed by atoms with Crippen molar-refractivity contribution in [2.75, 3.05) is 31.6 Å². The van der Waals surface area contributed by atoms with Crippen molar-refractivity contribution in [1.29, 1.82) is 0 Å². The lowest BCUT2D eigenvalue weighted by Gasteiger charge is -2.26. The van der Waals surface area contributed by atoms with Crippen LogP contribution >= 0.6 is 11.6 Å². The summed E-state index contributed by atoms with van der Waals surface area (Å²) in [4.78, 5) is 12.7. The first-order chi connectivity index (χ1) is 13.4.